The van der Waals surface area contributed by atoms with E-state index in [1.807, 2.05) is 61.5 Å². The van der Waals surface area contributed by atoms with E-state index in [-0.39, 0.29) is 5.76 Å². The van der Waals surface area contributed by atoms with E-state index in [1.165, 1.54) is 0 Å². The average molecular weight is 265 g/mol. The quantitative estimate of drug-likeness (QED) is 0.727. The molecule has 0 unspecified atom stereocenters. The largest absolute Gasteiger partial charge is 0.419 e. The SMILES string of the molecule is Cc1ccccc1-c1cn(Cc2ccccc2)c(=O)o1. The van der Waals surface area contributed by atoms with Gasteiger partial charge >= 0.3 is 5.76 Å². The maximum Gasteiger partial charge on any atom is 0.419 e. The molecule has 0 bridgehead atoms. The maximum atomic E-state index is 11.9. The van der Waals surface area contributed by atoms with Crippen molar-refractivity contribution in [2.24, 2.45) is 0 Å². The molecule has 0 aliphatic carbocycles. The van der Waals surface area contributed by atoms with Gasteiger partial charge in [0, 0.05) is 5.56 Å². The highest BCUT2D eigenvalue weighted by Gasteiger charge is 2.10. The van der Waals surface area contributed by atoms with Gasteiger partial charge < -0.3 is 4.42 Å². The molecule has 0 atom stereocenters. The molecule has 100 valence electrons. The average Bonchev–Trinajstić information content (AvgIpc) is 2.81. The number of aromatic nitrogens is 1. The van der Waals surface area contributed by atoms with Crippen LogP contribution in [0.5, 0.6) is 0 Å². The van der Waals surface area contributed by atoms with Gasteiger partial charge in [0.15, 0.2) is 5.76 Å². The van der Waals surface area contributed by atoms with Gasteiger partial charge in [-0.25, -0.2) is 4.79 Å². The van der Waals surface area contributed by atoms with E-state index in [0.29, 0.717) is 12.3 Å². The highest BCUT2D eigenvalue weighted by atomic mass is 16.4. The molecule has 0 saturated heterocycles. The van der Waals surface area contributed by atoms with Gasteiger partial charge in [-0.1, -0.05) is 54.6 Å². The summed E-state index contributed by atoms with van der Waals surface area (Å²) in [5.74, 6) is 0.288. The zero-order valence-electron chi connectivity index (χ0n) is 11.2. The van der Waals surface area contributed by atoms with Gasteiger partial charge in [0.25, 0.3) is 0 Å². The summed E-state index contributed by atoms with van der Waals surface area (Å²) in [5, 5.41) is 0. The highest BCUT2D eigenvalue weighted by Crippen LogP contribution is 2.22. The first-order chi connectivity index (χ1) is 9.74. The van der Waals surface area contributed by atoms with Crippen LogP contribution < -0.4 is 5.76 Å². The van der Waals surface area contributed by atoms with Crippen LogP contribution in [0, 0.1) is 6.92 Å². The number of benzene rings is 2. The van der Waals surface area contributed by atoms with E-state index in [1.54, 1.807) is 10.8 Å². The highest BCUT2D eigenvalue weighted by molar-refractivity contribution is 5.60. The van der Waals surface area contributed by atoms with Crippen LogP contribution in [0.1, 0.15) is 11.1 Å². The second-order valence-electron chi connectivity index (χ2n) is 4.79. The molecule has 20 heavy (non-hydrogen) atoms. The van der Waals surface area contributed by atoms with Crippen LogP contribution >= 0.6 is 0 Å². The Hall–Kier alpha value is -2.55. The first-order valence-corrected chi connectivity index (χ1v) is 6.54. The minimum absolute atomic E-state index is 0.327. The molecule has 1 aromatic heterocycles. The third-order valence-corrected chi connectivity index (χ3v) is 3.31. The van der Waals surface area contributed by atoms with Crippen LogP contribution in [0.3, 0.4) is 0 Å². The Kier molecular flexibility index (Phi) is 3.25. The van der Waals surface area contributed by atoms with Gasteiger partial charge in [0.1, 0.15) is 0 Å². The summed E-state index contributed by atoms with van der Waals surface area (Å²) in [6, 6.07) is 17.7. The van der Waals surface area contributed by atoms with Crippen molar-refractivity contribution < 1.29 is 4.42 Å². The maximum absolute atomic E-state index is 11.9. The van der Waals surface area contributed by atoms with Crippen LogP contribution in [0.25, 0.3) is 11.3 Å². The molecule has 3 heteroatoms. The number of hydrogen-bond acceptors (Lipinski definition) is 2. The van der Waals surface area contributed by atoms with Crippen molar-refractivity contribution in [1.29, 1.82) is 0 Å². The fourth-order valence-electron chi connectivity index (χ4n) is 2.24. The van der Waals surface area contributed by atoms with E-state index >= 15 is 0 Å². The molecule has 0 spiro atoms. The third kappa shape index (κ3) is 2.43. The third-order valence-electron chi connectivity index (χ3n) is 3.31. The van der Waals surface area contributed by atoms with Gasteiger partial charge in [-0.05, 0) is 18.1 Å². The Morgan fingerprint density at radius 3 is 2.45 bits per heavy atom. The zero-order valence-corrected chi connectivity index (χ0v) is 11.2. The molecule has 3 nitrogen and oxygen atoms in total. The van der Waals surface area contributed by atoms with E-state index in [0.717, 1.165) is 16.7 Å². The second kappa shape index (κ2) is 5.21. The van der Waals surface area contributed by atoms with E-state index in [2.05, 4.69) is 0 Å². The summed E-state index contributed by atoms with van der Waals surface area (Å²) in [6.45, 7) is 2.53. The van der Waals surface area contributed by atoms with E-state index in [4.69, 9.17) is 4.42 Å². The number of oxazole rings is 1. The van der Waals surface area contributed by atoms with Crippen LogP contribution in [-0.4, -0.2) is 4.57 Å². The molecule has 0 amide bonds. The monoisotopic (exact) mass is 265 g/mol. The number of nitrogens with zero attached hydrogens (tertiary/aromatic N) is 1. The number of aryl methyl sites for hydroxylation is 1. The summed E-state index contributed by atoms with van der Waals surface area (Å²) in [4.78, 5) is 11.9. The van der Waals surface area contributed by atoms with E-state index in [9.17, 15) is 4.79 Å². The summed E-state index contributed by atoms with van der Waals surface area (Å²) in [6.07, 6.45) is 1.78. The molecule has 0 saturated carbocycles. The van der Waals surface area contributed by atoms with Gasteiger partial charge in [-0.2, -0.15) is 0 Å². The molecular formula is C17H15NO2. The second-order valence-corrected chi connectivity index (χ2v) is 4.79. The van der Waals surface area contributed by atoms with Crippen molar-refractivity contribution in [2.75, 3.05) is 0 Å². The van der Waals surface area contributed by atoms with Crippen LogP contribution in [0.15, 0.2) is 70.0 Å². The lowest BCUT2D eigenvalue weighted by Gasteiger charge is -2.00. The number of rotatable bonds is 3. The molecule has 0 aliphatic heterocycles. The van der Waals surface area contributed by atoms with Gasteiger partial charge in [-0.3, -0.25) is 4.57 Å². The summed E-state index contributed by atoms with van der Waals surface area (Å²) >= 11 is 0. The topological polar surface area (TPSA) is 35.1 Å². The molecule has 0 fully saturated rings. The van der Waals surface area contributed by atoms with Crippen LogP contribution in [0.4, 0.5) is 0 Å². The smallest absolute Gasteiger partial charge is 0.408 e. The molecule has 1 heterocycles. The normalized spacial score (nSPS) is 10.7. The Balaban J connectivity index is 1.96. The Bertz CT molecular complexity index is 769. The Morgan fingerprint density at radius 2 is 1.70 bits per heavy atom. The van der Waals surface area contributed by atoms with Gasteiger partial charge in [0.2, 0.25) is 0 Å². The fraction of sp³-hybridized carbons (Fsp3) is 0.118. The Morgan fingerprint density at radius 1 is 1.00 bits per heavy atom. The predicted molar refractivity (Wildman–Crippen MR) is 78.7 cm³/mol. The molecule has 3 aromatic rings. The molecule has 0 N–H and O–H groups in total. The van der Waals surface area contributed by atoms with Crippen LogP contribution in [-0.2, 0) is 6.54 Å². The van der Waals surface area contributed by atoms with Crippen molar-refractivity contribution in [3.63, 3.8) is 0 Å². The van der Waals surface area contributed by atoms with Crippen molar-refractivity contribution in [2.45, 2.75) is 13.5 Å². The molecular weight excluding hydrogens is 250 g/mol. The van der Waals surface area contributed by atoms with Crippen molar-refractivity contribution >= 4 is 0 Å². The lowest BCUT2D eigenvalue weighted by atomic mass is 10.1. The minimum atomic E-state index is -0.327. The minimum Gasteiger partial charge on any atom is -0.408 e. The molecule has 3 rings (SSSR count). The predicted octanol–water partition coefficient (Wildman–Crippen LogP) is 3.47. The summed E-state index contributed by atoms with van der Waals surface area (Å²) in [7, 11) is 0. The lowest BCUT2D eigenvalue weighted by Crippen LogP contribution is -2.13. The molecule has 0 radical (unpaired) electrons. The summed E-state index contributed by atoms with van der Waals surface area (Å²) in [5.41, 5.74) is 3.12. The van der Waals surface area contributed by atoms with Crippen LogP contribution in [0.2, 0.25) is 0 Å². The first-order valence-electron chi connectivity index (χ1n) is 6.54. The van der Waals surface area contributed by atoms with Crippen molar-refractivity contribution in [3.05, 3.63) is 82.5 Å². The lowest BCUT2D eigenvalue weighted by molar-refractivity contribution is 0.497. The number of hydrogen-bond donors (Lipinski definition) is 0. The Labute approximate surface area is 117 Å². The van der Waals surface area contributed by atoms with Gasteiger partial charge in [-0.15, -0.1) is 0 Å². The van der Waals surface area contributed by atoms with E-state index < -0.39 is 0 Å². The first kappa shape index (κ1) is 12.5. The zero-order chi connectivity index (χ0) is 13.9. The molecule has 0 aliphatic rings. The fourth-order valence-corrected chi connectivity index (χ4v) is 2.24. The van der Waals surface area contributed by atoms with Crippen molar-refractivity contribution in [1.82, 2.24) is 4.57 Å². The molecule has 2 aromatic carbocycles. The standard InChI is InChI=1S/C17H15NO2/c1-13-7-5-6-10-15(13)16-12-18(17(19)20-16)11-14-8-3-2-4-9-14/h2-10,12H,11H2,1H3. The summed E-state index contributed by atoms with van der Waals surface area (Å²) < 4.78 is 6.96. The van der Waals surface area contributed by atoms with Crippen molar-refractivity contribution in [3.8, 4) is 11.3 Å². The van der Waals surface area contributed by atoms with Gasteiger partial charge in [0.05, 0.1) is 12.7 Å².